The Morgan fingerprint density at radius 3 is 2.86 bits per heavy atom. The number of hydrogen-bond acceptors (Lipinski definition) is 7. The Hall–Kier alpha value is -2.91. The van der Waals surface area contributed by atoms with E-state index in [0.29, 0.717) is 20.3 Å². The number of nitrogens with zero attached hydrogens (tertiary/aromatic N) is 5. The van der Waals surface area contributed by atoms with Gasteiger partial charge in [-0.15, -0.1) is 0 Å². The maximum Gasteiger partial charge on any atom is 0.387 e. The Morgan fingerprint density at radius 1 is 1.39 bits per heavy atom. The first kappa shape index (κ1) is 19.8. The number of thiazole rings is 1. The lowest BCUT2D eigenvalue weighted by atomic mass is 10.2. The molecule has 1 N–H and O–H groups in total. The van der Waals surface area contributed by atoms with Crippen LogP contribution in [0.4, 0.5) is 8.78 Å². The average molecular weight is 469 g/mol. The number of carbonyl (C=O) groups excluding carboxylic acids is 1. The Labute approximate surface area is 169 Å². The zero-order valence-corrected chi connectivity index (χ0v) is 16.5. The molecule has 1 atom stereocenters. The topological polar surface area (TPSA) is 106 Å². The number of amides is 1. The predicted molar refractivity (Wildman–Crippen MR) is 98.4 cm³/mol. The van der Waals surface area contributed by atoms with Crippen molar-refractivity contribution in [2.24, 2.45) is 0 Å². The molecule has 144 valence electrons. The van der Waals surface area contributed by atoms with Crippen molar-refractivity contribution in [2.75, 3.05) is 0 Å². The summed E-state index contributed by atoms with van der Waals surface area (Å²) >= 11 is 4.29. The first-order valence-electron chi connectivity index (χ1n) is 7.70. The van der Waals surface area contributed by atoms with E-state index in [1.807, 2.05) is 6.07 Å². The first-order chi connectivity index (χ1) is 13.4. The van der Waals surface area contributed by atoms with Crippen molar-refractivity contribution in [3.63, 3.8) is 0 Å². The average Bonchev–Trinajstić information content (AvgIpc) is 3.29. The number of nitriles is 1. The van der Waals surface area contributed by atoms with E-state index in [0.717, 1.165) is 11.3 Å². The number of rotatable bonds is 6. The molecule has 0 saturated heterocycles. The molecule has 2 heterocycles. The highest BCUT2D eigenvalue weighted by Gasteiger charge is 2.20. The van der Waals surface area contributed by atoms with E-state index in [2.05, 4.69) is 41.1 Å². The lowest BCUT2D eigenvalue weighted by Crippen LogP contribution is -2.28. The maximum absolute atomic E-state index is 12.6. The van der Waals surface area contributed by atoms with E-state index in [4.69, 9.17) is 5.26 Å². The molecule has 8 nitrogen and oxygen atoms in total. The number of hydrogen-bond donors (Lipinski definition) is 1. The first-order valence-corrected chi connectivity index (χ1v) is 9.31. The molecule has 0 spiro atoms. The summed E-state index contributed by atoms with van der Waals surface area (Å²) in [7, 11) is 0. The van der Waals surface area contributed by atoms with Gasteiger partial charge in [0.25, 0.3) is 5.91 Å². The summed E-state index contributed by atoms with van der Waals surface area (Å²) < 4.78 is 31.1. The van der Waals surface area contributed by atoms with Crippen LogP contribution in [0.25, 0.3) is 5.13 Å². The third-order valence-electron chi connectivity index (χ3n) is 3.45. The fourth-order valence-corrected chi connectivity index (χ4v) is 3.47. The monoisotopic (exact) mass is 468 g/mol. The van der Waals surface area contributed by atoms with Crippen LogP contribution in [0.15, 0.2) is 35.2 Å². The molecule has 0 saturated carbocycles. The molecule has 0 fully saturated rings. The Kier molecular flexibility index (Phi) is 5.96. The van der Waals surface area contributed by atoms with E-state index in [1.165, 1.54) is 35.4 Å². The van der Waals surface area contributed by atoms with Crippen LogP contribution in [0.1, 0.15) is 34.0 Å². The minimum absolute atomic E-state index is 0.129. The maximum atomic E-state index is 12.6. The van der Waals surface area contributed by atoms with Crippen molar-refractivity contribution in [3.05, 3.63) is 51.5 Å². The van der Waals surface area contributed by atoms with Crippen molar-refractivity contribution < 1.29 is 18.3 Å². The molecule has 1 aromatic carbocycles. The highest BCUT2D eigenvalue weighted by molar-refractivity contribution is 9.10. The number of ether oxygens (including phenoxy) is 1. The number of halogens is 3. The van der Waals surface area contributed by atoms with Crippen LogP contribution in [0, 0.1) is 11.3 Å². The molecular weight excluding hydrogens is 458 g/mol. The summed E-state index contributed by atoms with van der Waals surface area (Å²) in [5.41, 5.74) is 0.129. The second-order valence-electron chi connectivity index (χ2n) is 5.40. The standard InChI is InChI=1S/C16H11BrF2N6O2S/c1-8(13-22-7-23-25(13)16-21-6-12(5-20)28-16)24-14(26)9-2-10(17)4-11(3-9)27-15(18)19/h2-4,6-8,15H,1H3,(H,24,26)/t8-/m0/s1. The van der Waals surface area contributed by atoms with E-state index >= 15 is 0 Å². The summed E-state index contributed by atoms with van der Waals surface area (Å²) in [5, 5.41) is 16.2. The van der Waals surface area contributed by atoms with Crippen molar-refractivity contribution in [2.45, 2.75) is 19.6 Å². The fourth-order valence-electron chi connectivity index (χ4n) is 2.32. The molecule has 3 rings (SSSR count). The van der Waals surface area contributed by atoms with Crippen molar-refractivity contribution in [1.29, 1.82) is 5.26 Å². The molecule has 0 bridgehead atoms. The summed E-state index contributed by atoms with van der Waals surface area (Å²) in [5.74, 6) is -0.261. The van der Waals surface area contributed by atoms with Gasteiger partial charge in [-0.05, 0) is 25.1 Å². The predicted octanol–water partition coefficient (Wildman–Crippen LogP) is 3.45. The highest BCUT2D eigenvalue weighted by Crippen LogP contribution is 2.24. The van der Waals surface area contributed by atoms with Crippen molar-refractivity contribution in [3.8, 4) is 17.0 Å². The van der Waals surface area contributed by atoms with Gasteiger partial charge in [0.2, 0.25) is 5.13 Å². The third-order valence-corrected chi connectivity index (χ3v) is 4.79. The van der Waals surface area contributed by atoms with Crippen LogP contribution in [0.5, 0.6) is 5.75 Å². The van der Waals surface area contributed by atoms with Gasteiger partial charge in [-0.1, -0.05) is 27.3 Å². The van der Waals surface area contributed by atoms with E-state index in [9.17, 15) is 13.6 Å². The summed E-state index contributed by atoms with van der Waals surface area (Å²) in [6.07, 6.45) is 2.72. The van der Waals surface area contributed by atoms with Crippen LogP contribution < -0.4 is 10.1 Å². The molecule has 28 heavy (non-hydrogen) atoms. The number of nitrogens with one attached hydrogen (secondary N) is 1. The minimum Gasteiger partial charge on any atom is -0.435 e. The van der Waals surface area contributed by atoms with Gasteiger partial charge in [-0.25, -0.2) is 9.97 Å². The largest absolute Gasteiger partial charge is 0.435 e. The summed E-state index contributed by atoms with van der Waals surface area (Å²) in [4.78, 5) is 21.2. The van der Waals surface area contributed by atoms with Gasteiger partial charge in [-0.2, -0.15) is 23.8 Å². The Balaban J connectivity index is 1.80. The van der Waals surface area contributed by atoms with Gasteiger partial charge in [0.05, 0.1) is 12.2 Å². The molecule has 2 aromatic heterocycles. The highest BCUT2D eigenvalue weighted by atomic mass is 79.9. The molecule has 12 heteroatoms. The van der Waals surface area contributed by atoms with Gasteiger partial charge in [-0.3, -0.25) is 4.79 Å². The molecule has 0 aliphatic carbocycles. The number of benzene rings is 1. The fraction of sp³-hybridized carbons (Fsp3) is 0.188. The minimum atomic E-state index is -3.00. The van der Waals surface area contributed by atoms with Crippen LogP contribution in [-0.2, 0) is 0 Å². The second kappa shape index (κ2) is 8.41. The zero-order chi connectivity index (χ0) is 20.3. The van der Waals surface area contributed by atoms with E-state index < -0.39 is 18.6 Å². The molecule has 1 amide bonds. The molecule has 3 aromatic rings. The molecular formula is C16H11BrF2N6O2S. The third kappa shape index (κ3) is 4.49. The van der Waals surface area contributed by atoms with Crippen LogP contribution >= 0.6 is 27.3 Å². The zero-order valence-electron chi connectivity index (χ0n) is 14.1. The van der Waals surface area contributed by atoms with Gasteiger partial charge < -0.3 is 10.1 Å². The van der Waals surface area contributed by atoms with Crippen LogP contribution in [-0.4, -0.2) is 32.3 Å². The second-order valence-corrected chi connectivity index (χ2v) is 7.32. The van der Waals surface area contributed by atoms with Crippen LogP contribution in [0.2, 0.25) is 0 Å². The van der Waals surface area contributed by atoms with Crippen LogP contribution in [0.3, 0.4) is 0 Å². The van der Waals surface area contributed by atoms with E-state index in [-0.39, 0.29) is 11.3 Å². The van der Waals surface area contributed by atoms with Crippen molar-refractivity contribution >= 4 is 33.2 Å². The number of carbonyl (C=O) groups is 1. The number of alkyl halides is 2. The number of aromatic nitrogens is 4. The van der Waals surface area contributed by atoms with Gasteiger partial charge in [0.15, 0.2) is 5.82 Å². The molecule has 0 aliphatic rings. The molecule has 0 radical (unpaired) electrons. The van der Waals surface area contributed by atoms with Crippen molar-refractivity contribution in [1.82, 2.24) is 25.1 Å². The van der Waals surface area contributed by atoms with Gasteiger partial charge in [0, 0.05) is 10.0 Å². The molecule has 0 unspecified atom stereocenters. The summed E-state index contributed by atoms with van der Waals surface area (Å²) in [6, 6.07) is 5.43. The quantitative estimate of drug-likeness (QED) is 0.593. The molecule has 0 aliphatic heterocycles. The lowest BCUT2D eigenvalue weighted by molar-refractivity contribution is -0.0499. The Morgan fingerprint density at radius 2 is 2.18 bits per heavy atom. The summed E-state index contributed by atoms with van der Waals surface area (Å²) in [6.45, 7) is -1.31. The normalized spacial score (nSPS) is 11.9. The smallest absolute Gasteiger partial charge is 0.387 e. The van der Waals surface area contributed by atoms with Gasteiger partial charge in [0.1, 0.15) is 23.0 Å². The Bertz CT molecular complexity index is 1050. The SMILES string of the molecule is C[C@H](NC(=O)c1cc(Br)cc(OC(F)F)c1)c1ncnn1-c1ncc(C#N)s1. The van der Waals surface area contributed by atoms with E-state index in [1.54, 1.807) is 6.92 Å². The lowest BCUT2D eigenvalue weighted by Gasteiger charge is -2.14. The van der Waals surface area contributed by atoms with Gasteiger partial charge >= 0.3 is 6.61 Å².